The van der Waals surface area contributed by atoms with Crippen LogP contribution in [0.5, 0.6) is 0 Å². The van der Waals surface area contributed by atoms with E-state index in [1.807, 2.05) is 0 Å². The molecule has 3 rings (SSSR count). The van der Waals surface area contributed by atoms with Crippen molar-refractivity contribution in [1.82, 2.24) is 9.96 Å². The topological polar surface area (TPSA) is 72.9 Å². The van der Waals surface area contributed by atoms with Gasteiger partial charge in [-0.05, 0) is 5.56 Å². The van der Waals surface area contributed by atoms with Gasteiger partial charge in [0.15, 0.2) is 0 Å². The van der Waals surface area contributed by atoms with Gasteiger partial charge in [0, 0.05) is 5.56 Å². The van der Waals surface area contributed by atoms with Crippen molar-refractivity contribution in [2.75, 3.05) is 13.2 Å². The number of hydrogen-bond acceptors (Lipinski definition) is 4. The summed E-state index contributed by atoms with van der Waals surface area (Å²) < 4.78 is 15.1. The van der Waals surface area contributed by atoms with Crippen molar-refractivity contribution >= 4 is 12.0 Å². The molecular weight excluding hydrogens is 302 g/mol. The van der Waals surface area contributed by atoms with E-state index in [9.17, 15) is 14.7 Å². The average molecular weight is 314 g/mol. The number of nitrogens with zero attached hydrogens (tertiary/aromatic N) is 2. The number of alkyl halides is 1. The van der Waals surface area contributed by atoms with Gasteiger partial charge in [-0.25, -0.2) is 9.18 Å². The number of aliphatic carboxylic acids is 1. The van der Waals surface area contributed by atoms with E-state index in [1.165, 1.54) is 18.2 Å². The number of hydroxylamine groups is 2. The summed E-state index contributed by atoms with van der Waals surface area (Å²) >= 11 is 0. The summed E-state index contributed by atoms with van der Waals surface area (Å²) in [6.07, 6.45) is 1.44. The standard InChI is InChI=1S/C14H13FN2O4.Na/c1-2-7-21-17-11-8-16(13(17)20)14(15,12(18)19)10-6-4-3-5-9(10)11;/h2-6,11H,1,7-8H2,(H,18,19);/q;+1/p-1. The predicted molar refractivity (Wildman–Crippen MR) is 67.1 cm³/mol. The number of carboxylic acid groups (broad SMARTS) is 1. The molecule has 22 heavy (non-hydrogen) atoms. The average Bonchev–Trinajstić information content (AvgIpc) is 2.78. The Morgan fingerprint density at radius 2 is 2.23 bits per heavy atom. The van der Waals surface area contributed by atoms with Gasteiger partial charge < -0.3 is 9.90 Å². The molecule has 0 radical (unpaired) electrons. The number of carboxylic acids is 1. The SMILES string of the molecule is C=CCON1C(=O)N2CC1c1ccccc1C2(F)C(=O)[O-].[Na+]. The third kappa shape index (κ3) is 2.16. The molecule has 0 spiro atoms. The zero-order chi connectivity index (χ0) is 15.2. The fourth-order valence-corrected chi connectivity index (χ4v) is 2.79. The Morgan fingerprint density at radius 3 is 2.86 bits per heavy atom. The van der Waals surface area contributed by atoms with Gasteiger partial charge in [0.1, 0.15) is 12.0 Å². The second-order valence-corrected chi connectivity index (χ2v) is 4.82. The first kappa shape index (κ1) is 17.0. The largest absolute Gasteiger partial charge is 1.00 e. The maximum atomic E-state index is 15.1. The number of halogens is 1. The van der Waals surface area contributed by atoms with Gasteiger partial charge in [-0.2, -0.15) is 5.06 Å². The summed E-state index contributed by atoms with van der Waals surface area (Å²) in [5.41, 5.74) is 0.301. The fraction of sp³-hybridized carbons (Fsp3) is 0.286. The molecule has 1 fully saturated rings. The molecule has 0 aromatic heterocycles. The maximum Gasteiger partial charge on any atom is 1.00 e. The van der Waals surface area contributed by atoms with Gasteiger partial charge in [-0.15, -0.1) is 6.58 Å². The van der Waals surface area contributed by atoms with E-state index in [0.717, 1.165) is 5.06 Å². The predicted octanol–water partition coefficient (Wildman–Crippen LogP) is -2.53. The summed E-state index contributed by atoms with van der Waals surface area (Å²) in [6.45, 7) is 3.42. The van der Waals surface area contributed by atoms with Gasteiger partial charge in [0.2, 0.25) is 0 Å². The van der Waals surface area contributed by atoms with E-state index >= 15 is 4.39 Å². The molecule has 0 N–H and O–H groups in total. The van der Waals surface area contributed by atoms with Crippen LogP contribution in [0.3, 0.4) is 0 Å². The second-order valence-electron chi connectivity index (χ2n) is 4.82. The van der Waals surface area contributed by atoms with Crippen LogP contribution in [0, 0.1) is 0 Å². The van der Waals surface area contributed by atoms with Crippen molar-refractivity contribution in [2.24, 2.45) is 0 Å². The molecule has 8 heteroatoms. The number of amides is 2. The molecule has 2 aliphatic rings. The minimum absolute atomic E-state index is 0. The first-order valence-corrected chi connectivity index (χ1v) is 6.36. The second kappa shape index (κ2) is 6.00. The molecule has 0 saturated carbocycles. The van der Waals surface area contributed by atoms with Crippen molar-refractivity contribution in [2.45, 2.75) is 11.8 Å². The Balaban J connectivity index is 0.00000176. The molecular formula is C14H12FN2NaO4. The van der Waals surface area contributed by atoms with E-state index < -0.39 is 23.8 Å². The molecule has 2 atom stereocenters. The zero-order valence-electron chi connectivity index (χ0n) is 12.0. The van der Waals surface area contributed by atoms with Crippen LogP contribution in [0.15, 0.2) is 36.9 Å². The van der Waals surface area contributed by atoms with Crippen molar-refractivity contribution < 1.29 is 53.5 Å². The molecule has 2 heterocycles. The number of fused-ring (bicyclic) bond motifs is 4. The Morgan fingerprint density at radius 1 is 1.55 bits per heavy atom. The Kier molecular flexibility index (Phi) is 4.62. The normalized spacial score (nSPS) is 25.5. The number of carbonyl (C=O) groups excluding carboxylic acids is 2. The van der Waals surface area contributed by atoms with Gasteiger partial charge >= 0.3 is 35.6 Å². The Bertz CT molecular complexity index is 641. The molecule has 6 nitrogen and oxygen atoms in total. The third-order valence-electron chi connectivity index (χ3n) is 3.71. The molecule has 2 aliphatic heterocycles. The van der Waals surface area contributed by atoms with E-state index in [4.69, 9.17) is 4.84 Å². The van der Waals surface area contributed by atoms with Crippen LogP contribution in [0.2, 0.25) is 0 Å². The van der Waals surface area contributed by atoms with Crippen molar-refractivity contribution in [3.05, 3.63) is 48.0 Å². The van der Waals surface area contributed by atoms with Crippen LogP contribution in [-0.2, 0) is 15.4 Å². The summed E-state index contributed by atoms with van der Waals surface area (Å²) in [5, 5.41) is 12.3. The van der Waals surface area contributed by atoms with Crippen molar-refractivity contribution in [3.63, 3.8) is 0 Å². The number of rotatable bonds is 4. The van der Waals surface area contributed by atoms with Crippen molar-refractivity contribution in [1.29, 1.82) is 0 Å². The van der Waals surface area contributed by atoms with Gasteiger partial charge in [-0.3, -0.25) is 9.74 Å². The van der Waals surface area contributed by atoms with E-state index in [1.54, 1.807) is 12.1 Å². The first-order valence-electron chi connectivity index (χ1n) is 6.36. The van der Waals surface area contributed by atoms with E-state index in [2.05, 4.69) is 6.58 Å². The number of benzene rings is 1. The zero-order valence-corrected chi connectivity index (χ0v) is 14.0. The molecule has 0 aliphatic carbocycles. The Hall–Kier alpha value is -1.41. The molecule has 1 aromatic rings. The van der Waals surface area contributed by atoms with Crippen LogP contribution < -0.4 is 34.7 Å². The van der Waals surface area contributed by atoms with Crippen molar-refractivity contribution in [3.8, 4) is 0 Å². The summed E-state index contributed by atoms with van der Waals surface area (Å²) in [4.78, 5) is 29.5. The molecule has 1 aromatic carbocycles. The number of urea groups is 1. The fourth-order valence-electron chi connectivity index (χ4n) is 2.79. The van der Waals surface area contributed by atoms with Crippen LogP contribution in [0.4, 0.5) is 9.18 Å². The number of hydrogen-bond donors (Lipinski definition) is 0. The monoisotopic (exact) mass is 314 g/mol. The minimum Gasteiger partial charge on any atom is -0.544 e. The third-order valence-corrected chi connectivity index (χ3v) is 3.71. The smallest absolute Gasteiger partial charge is 0.544 e. The molecule has 110 valence electrons. The number of carbonyl (C=O) groups is 2. The van der Waals surface area contributed by atoms with Gasteiger partial charge in [-0.1, -0.05) is 30.3 Å². The van der Waals surface area contributed by atoms with Crippen LogP contribution in [0.25, 0.3) is 0 Å². The molecule has 1 saturated heterocycles. The van der Waals surface area contributed by atoms with E-state index in [-0.39, 0.29) is 48.3 Å². The first-order chi connectivity index (χ1) is 10.0. The quantitative estimate of drug-likeness (QED) is 0.349. The molecule has 2 unspecified atom stereocenters. The molecule has 2 bridgehead atoms. The van der Waals surface area contributed by atoms with E-state index in [0.29, 0.717) is 10.5 Å². The summed E-state index contributed by atoms with van der Waals surface area (Å²) in [5.74, 6) is -4.96. The van der Waals surface area contributed by atoms with Gasteiger partial charge in [0.05, 0.1) is 13.2 Å². The summed E-state index contributed by atoms with van der Waals surface area (Å²) in [7, 11) is 0. The summed E-state index contributed by atoms with van der Waals surface area (Å²) in [6, 6.07) is 4.69. The molecule has 2 amide bonds. The van der Waals surface area contributed by atoms with Crippen LogP contribution >= 0.6 is 0 Å². The van der Waals surface area contributed by atoms with Crippen LogP contribution in [-0.4, -0.2) is 35.1 Å². The van der Waals surface area contributed by atoms with Crippen LogP contribution in [0.1, 0.15) is 17.2 Å². The maximum absolute atomic E-state index is 15.1. The Labute approximate surface area is 148 Å². The minimum atomic E-state index is -2.99. The van der Waals surface area contributed by atoms with Gasteiger partial charge in [0.25, 0.3) is 5.79 Å².